The molecule has 0 aliphatic rings. The Morgan fingerprint density at radius 2 is 1.22 bits per heavy atom. The highest BCUT2D eigenvalue weighted by atomic mass is 16.5. The molecule has 5 nitrogen and oxygen atoms in total. The minimum atomic E-state index is -0.460. The van der Waals surface area contributed by atoms with Gasteiger partial charge >= 0.3 is 5.97 Å². The first-order chi connectivity index (χ1) is 18.0. The average molecular weight is 493 g/mol. The van der Waals surface area contributed by atoms with E-state index >= 15 is 0 Å². The van der Waals surface area contributed by atoms with Gasteiger partial charge in [0.05, 0.1) is 19.8 Å². The van der Waals surface area contributed by atoms with E-state index in [0.29, 0.717) is 22.6 Å². The summed E-state index contributed by atoms with van der Waals surface area (Å²) in [5, 5.41) is 22.5. The Morgan fingerprint density at radius 3 is 1.68 bits per heavy atom. The van der Waals surface area contributed by atoms with E-state index in [-0.39, 0.29) is 25.2 Å². The molecule has 0 radical (unpaired) electrons. The summed E-state index contributed by atoms with van der Waals surface area (Å²) in [5.74, 6) is -0.460. The van der Waals surface area contributed by atoms with E-state index in [1.165, 1.54) is 0 Å². The van der Waals surface area contributed by atoms with Crippen molar-refractivity contribution in [2.75, 3.05) is 6.61 Å². The molecule has 0 atom stereocenters. The smallest absolute Gasteiger partial charge is 0.334 e. The summed E-state index contributed by atoms with van der Waals surface area (Å²) in [6.07, 6.45) is 0.384. The number of aliphatic hydroxyl groups is 2. The topological polar surface area (TPSA) is 83.8 Å². The molecule has 0 fully saturated rings. The van der Waals surface area contributed by atoms with Crippen molar-refractivity contribution in [1.82, 2.24) is 0 Å². The predicted molar refractivity (Wildman–Crippen MR) is 147 cm³/mol. The predicted octanol–water partition coefficient (Wildman–Crippen LogP) is 4.95. The molecule has 5 aromatic rings. The van der Waals surface area contributed by atoms with Crippen molar-refractivity contribution in [3.63, 3.8) is 0 Å². The molecule has 0 aromatic heterocycles. The van der Waals surface area contributed by atoms with Gasteiger partial charge in [-0.1, -0.05) is 73.7 Å². The second-order valence-electron chi connectivity index (χ2n) is 9.04. The fraction of sp³-hybridized carbons (Fsp3) is 0.188. The monoisotopic (exact) mass is 492 g/mol. The third-order valence-electron chi connectivity index (χ3n) is 6.97. The van der Waals surface area contributed by atoms with Crippen LogP contribution in [-0.4, -0.2) is 22.8 Å². The molecule has 0 heterocycles. The highest BCUT2D eigenvalue weighted by Crippen LogP contribution is 2.40. The lowest BCUT2D eigenvalue weighted by molar-refractivity contribution is -0.136. The van der Waals surface area contributed by atoms with Gasteiger partial charge in [0.15, 0.2) is 5.43 Å². The first-order valence-electron chi connectivity index (χ1n) is 12.5. The lowest BCUT2D eigenvalue weighted by Crippen LogP contribution is -2.26. The lowest BCUT2D eigenvalue weighted by Gasteiger charge is -2.14. The molecule has 0 unspecified atom stereocenters. The summed E-state index contributed by atoms with van der Waals surface area (Å²) in [4.78, 5) is 26.5. The molecule has 5 aromatic carbocycles. The van der Waals surface area contributed by atoms with Crippen LogP contribution in [0.25, 0.3) is 49.4 Å². The number of carbonyl (C=O) groups excluding carboxylic acids is 1. The second-order valence-corrected chi connectivity index (χ2v) is 9.04. The normalized spacial score (nSPS) is 12.3. The Balaban J connectivity index is 1.92. The van der Waals surface area contributed by atoms with Gasteiger partial charge in [-0.05, 0) is 63.6 Å². The summed E-state index contributed by atoms with van der Waals surface area (Å²) in [7, 11) is 0. The molecular formula is C32H28O5. The number of benzene rings is 4. The van der Waals surface area contributed by atoms with Gasteiger partial charge in [-0.25, -0.2) is 4.79 Å². The van der Waals surface area contributed by atoms with Crippen LogP contribution < -0.4 is 10.6 Å². The van der Waals surface area contributed by atoms with E-state index in [9.17, 15) is 19.8 Å². The summed E-state index contributed by atoms with van der Waals surface area (Å²) in [6, 6.07) is 23.2. The zero-order valence-electron chi connectivity index (χ0n) is 20.9. The zero-order chi connectivity index (χ0) is 26.1. The van der Waals surface area contributed by atoms with E-state index in [4.69, 9.17) is 4.74 Å². The number of hydrogen-bond donors (Lipinski definition) is 2. The van der Waals surface area contributed by atoms with Crippen LogP contribution in [0.1, 0.15) is 31.4 Å². The standard InChI is InChI=1S/C32H28O5/c1-3-23(32(36)37-4-2)30-26-15-13-24(21-9-5-19(17-33)6-10-21)28-25(14-16-27(29(26)28)31(30)35)22-11-7-20(18-34)8-12-22/h5-16,33-34H,3-4,17-18H2,1-2H3. The zero-order valence-corrected chi connectivity index (χ0v) is 20.9. The number of rotatable bonds is 7. The van der Waals surface area contributed by atoms with Crippen molar-refractivity contribution < 1.29 is 19.7 Å². The molecular weight excluding hydrogens is 464 g/mol. The molecule has 0 aliphatic carbocycles. The fourth-order valence-electron chi connectivity index (χ4n) is 5.15. The Morgan fingerprint density at radius 1 is 0.703 bits per heavy atom. The van der Waals surface area contributed by atoms with Gasteiger partial charge in [0.1, 0.15) is 0 Å². The van der Waals surface area contributed by atoms with E-state index in [1.54, 1.807) is 6.92 Å². The maximum atomic E-state index is 13.7. The molecule has 0 bridgehead atoms. The second kappa shape index (κ2) is 10.1. The third-order valence-corrected chi connectivity index (χ3v) is 6.97. The van der Waals surface area contributed by atoms with Crippen molar-refractivity contribution >= 4 is 33.1 Å². The van der Waals surface area contributed by atoms with E-state index in [0.717, 1.165) is 49.5 Å². The van der Waals surface area contributed by atoms with Gasteiger partial charge in [-0.3, -0.25) is 4.79 Å². The van der Waals surface area contributed by atoms with Crippen LogP contribution >= 0.6 is 0 Å². The lowest BCUT2D eigenvalue weighted by atomic mass is 9.89. The molecule has 0 amide bonds. The van der Waals surface area contributed by atoms with Gasteiger partial charge in [-0.15, -0.1) is 0 Å². The minimum Gasteiger partial charge on any atom is -0.463 e. The van der Waals surface area contributed by atoms with Crippen LogP contribution in [0.4, 0.5) is 0 Å². The number of aliphatic hydroxyl groups excluding tert-OH is 2. The summed E-state index contributed by atoms with van der Waals surface area (Å²) in [5.41, 5.74) is 5.68. The van der Waals surface area contributed by atoms with Crippen molar-refractivity contribution in [1.29, 1.82) is 0 Å². The Bertz CT molecular complexity index is 1650. The molecule has 186 valence electrons. The average Bonchev–Trinajstić information content (AvgIpc) is 3.22. The Hall–Kier alpha value is -4.06. The molecule has 5 rings (SSSR count). The highest BCUT2D eigenvalue weighted by molar-refractivity contribution is 6.23. The molecule has 0 saturated carbocycles. The van der Waals surface area contributed by atoms with Gasteiger partial charge in [0, 0.05) is 21.6 Å². The van der Waals surface area contributed by atoms with Crippen LogP contribution in [0, 0.1) is 0 Å². The largest absolute Gasteiger partial charge is 0.463 e. The number of carbonyl (C=O) groups is 1. The molecule has 37 heavy (non-hydrogen) atoms. The van der Waals surface area contributed by atoms with Gasteiger partial charge in [-0.2, -0.15) is 0 Å². The van der Waals surface area contributed by atoms with Crippen molar-refractivity contribution in [2.24, 2.45) is 0 Å². The SMILES string of the molecule is CCOC(=O)C(CC)=c1c(=O)c2ccc(-c3ccc(CO)cc3)c3c(-c4ccc(CO)cc4)ccc1c32. The molecule has 5 heteroatoms. The number of esters is 1. The van der Waals surface area contributed by atoms with Crippen molar-refractivity contribution in [3.05, 3.63) is 99.4 Å². The van der Waals surface area contributed by atoms with E-state index < -0.39 is 5.97 Å². The van der Waals surface area contributed by atoms with Crippen molar-refractivity contribution in [3.8, 4) is 22.3 Å². The number of hydrogen-bond acceptors (Lipinski definition) is 5. The van der Waals surface area contributed by atoms with Crippen LogP contribution in [0.2, 0.25) is 0 Å². The van der Waals surface area contributed by atoms with Crippen LogP contribution in [0.15, 0.2) is 77.6 Å². The van der Waals surface area contributed by atoms with Gasteiger partial charge < -0.3 is 14.9 Å². The van der Waals surface area contributed by atoms with Crippen LogP contribution in [0.3, 0.4) is 0 Å². The fourth-order valence-corrected chi connectivity index (χ4v) is 5.15. The van der Waals surface area contributed by atoms with Crippen LogP contribution in [-0.2, 0) is 22.7 Å². The molecule has 0 spiro atoms. The summed E-state index contributed by atoms with van der Waals surface area (Å²) < 4.78 is 5.29. The molecule has 2 N–H and O–H groups in total. The minimum absolute atomic E-state index is 0.0388. The Kier molecular flexibility index (Phi) is 6.74. The van der Waals surface area contributed by atoms with E-state index in [2.05, 4.69) is 0 Å². The van der Waals surface area contributed by atoms with Crippen LogP contribution in [0.5, 0.6) is 0 Å². The van der Waals surface area contributed by atoms with Gasteiger partial charge in [0.25, 0.3) is 0 Å². The molecule has 0 aliphatic heterocycles. The first kappa shape index (κ1) is 24.6. The van der Waals surface area contributed by atoms with Crippen molar-refractivity contribution in [2.45, 2.75) is 33.5 Å². The summed E-state index contributed by atoms with van der Waals surface area (Å²) in [6.45, 7) is 3.77. The molecule has 0 saturated heterocycles. The quantitative estimate of drug-likeness (QED) is 0.314. The van der Waals surface area contributed by atoms with E-state index in [1.807, 2.05) is 79.7 Å². The maximum Gasteiger partial charge on any atom is 0.334 e. The first-order valence-corrected chi connectivity index (χ1v) is 12.5. The third kappa shape index (κ3) is 4.16. The number of ether oxygens (including phenoxy) is 1. The maximum absolute atomic E-state index is 13.7. The Labute approximate surface area is 214 Å². The highest BCUT2D eigenvalue weighted by Gasteiger charge is 2.22. The van der Waals surface area contributed by atoms with Gasteiger partial charge in [0.2, 0.25) is 0 Å². The summed E-state index contributed by atoms with van der Waals surface area (Å²) >= 11 is 0.